The largest absolute Gasteiger partial charge is 1.00 e. The van der Waals surface area contributed by atoms with E-state index in [4.69, 9.17) is 0 Å². The molecule has 2 aliphatic carbocycles. The van der Waals surface area contributed by atoms with Crippen molar-refractivity contribution in [2.24, 2.45) is 0 Å². The van der Waals surface area contributed by atoms with E-state index in [1.165, 1.54) is 22.3 Å². The minimum absolute atomic E-state index is 0. The van der Waals surface area contributed by atoms with Crippen molar-refractivity contribution in [3.63, 3.8) is 0 Å². The number of benzene rings is 4. The average Bonchev–Trinajstić information content (AvgIpc) is 3.62. The minimum atomic E-state index is -0.966. The van der Waals surface area contributed by atoms with Gasteiger partial charge in [0.1, 0.15) is 0 Å². The molecule has 0 aromatic heterocycles. The van der Waals surface area contributed by atoms with Gasteiger partial charge in [-0.25, -0.2) is 0 Å². The van der Waals surface area contributed by atoms with Crippen LogP contribution in [0.3, 0.4) is 0 Å². The Bertz CT molecular complexity index is 1280. The van der Waals surface area contributed by atoms with Crippen LogP contribution in [-0.2, 0) is 23.2 Å². The van der Waals surface area contributed by atoms with Crippen LogP contribution < -0.4 is 0 Å². The Labute approximate surface area is 235 Å². The van der Waals surface area contributed by atoms with Gasteiger partial charge < -0.3 is 2.85 Å². The average molecular weight is 556 g/mol. The zero-order valence-corrected chi connectivity index (χ0v) is 23.4. The van der Waals surface area contributed by atoms with Gasteiger partial charge in [-0.15, -0.1) is 0 Å². The van der Waals surface area contributed by atoms with Crippen LogP contribution in [0.4, 0.5) is 0 Å². The molecule has 4 aromatic carbocycles. The van der Waals surface area contributed by atoms with Crippen LogP contribution in [0.1, 0.15) is 49.8 Å². The van der Waals surface area contributed by atoms with Crippen LogP contribution in [0.25, 0.3) is 0 Å². The molecule has 0 bridgehead atoms. The molecule has 0 heterocycles. The van der Waals surface area contributed by atoms with Crippen LogP contribution >= 0.6 is 0 Å². The van der Waals surface area contributed by atoms with E-state index in [0.29, 0.717) is 11.8 Å². The fraction of sp³-hybridized carbons (Fsp3) is 0.111. The van der Waals surface area contributed by atoms with Gasteiger partial charge in [-0.1, -0.05) is 0 Å². The Morgan fingerprint density at radius 2 is 0.730 bits per heavy atom. The van der Waals surface area contributed by atoms with Crippen LogP contribution in [0.2, 0.25) is 0 Å². The van der Waals surface area contributed by atoms with Crippen molar-refractivity contribution < 1.29 is 26.1 Å². The summed E-state index contributed by atoms with van der Waals surface area (Å²) in [4.78, 5) is 0. The van der Waals surface area contributed by atoms with E-state index < -0.39 is 23.2 Å². The fourth-order valence-corrected chi connectivity index (χ4v) is 9.50. The fourth-order valence-electron chi connectivity index (χ4n) is 5.70. The Kier molecular flexibility index (Phi) is 7.43. The van der Waals surface area contributed by atoms with Gasteiger partial charge in [-0.3, -0.25) is 0 Å². The van der Waals surface area contributed by atoms with Crippen molar-refractivity contribution in [1.29, 1.82) is 0 Å². The summed E-state index contributed by atoms with van der Waals surface area (Å²) in [5, 5.41) is 0. The predicted molar refractivity (Wildman–Crippen MR) is 153 cm³/mol. The molecule has 4 aromatic rings. The number of hydrogen-bond donors (Lipinski definition) is 0. The van der Waals surface area contributed by atoms with Gasteiger partial charge in [0.25, 0.3) is 0 Å². The van der Waals surface area contributed by atoms with Crippen LogP contribution in [0, 0.1) is 0 Å². The zero-order valence-electron chi connectivity index (χ0n) is 22.9. The molecule has 0 amide bonds. The molecule has 1 heteroatoms. The van der Waals surface area contributed by atoms with Crippen molar-refractivity contribution in [3.05, 3.63) is 186 Å². The van der Waals surface area contributed by atoms with Gasteiger partial charge in [-0.05, 0) is 0 Å². The van der Waals surface area contributed by atoms with Gasteiger partial charge in [0.2, 0.25) is 0 Å². The normalized spacial score (nSPS) is 14.8. The molecule has 2 aliphatic rings. The van der Waals surface area contributed by atoms with E-state index in [1.54, 1.807) is 17.7 Å². The van der Waals surface area contributed by atoms with E-state index in [2.05, 4.69) is 146 Å². The molecule has 0 saturated heterocycles. The number of hydrogen-bond acceptors (Lipinski definition) is 0. The third kappa shape index (κ3) is 5.25. The minimum Gasteiger partial charge on any atom is -1.00 e. The maximum atomic E-state index is 2.43. The quantitative estimate of drug-likeness (QED) is 0.203. The molecule has 0 saturated carbocycles. The number of rotatable bonds is 8. The van der Waals surface area contributed by atoms with Gasteiger partial charge in [0, 0.05) is 0 Å². The first-order valence-electron chi connectivity index (χ1n) is 13.1. The summed E-state index contributed by atoms with van der Waals surface area (Å²) in [6, 6.07) is 44.2. The third-order valence-electron chi connectivity index (χ3n) is 7.39. The summed E-state index contributed by atoms with van der Waals surface area (Å²) in [6.07, 6.45) is 11.9. The molecule has 0 atom stereocenters. The summed E-state index contributed by atoms with van der Waals surface area (Å²) < 4.78 is 3.44. The van der Waals surface area contributed by atoms with Gasteiger partial charge in [0.05, 0.1) is 0 Å². The Morgan fingerprint density at radius 3 is 1.03 bits per heavy atom. The third-order valence-corrected chi connectivity index (χ3v) is 11.3. The van der Waals surface area contributed by atoms with E-state index in [9.17, 15) is 0 Å². The second-order valence-electron chi connectivity index (χ2n) is 9.71. The molecular formula is C36H32Zr. The van der Waals surface area contributed by atoms with Crippen LogP contribution in [-0.4, -0.2) is 0 Å². The smallest absolute Gasteiger partial charge is 1.00 e. The molecule has 0 radical (unpaired) electrons. The Morgan fingerprint density at radius 1 is 0.432 bits per heavy atom. The van der Waals surface area contributed by atoms with Crippen molar-refractivity contribution in [1.82, 2.24) is 0 Å². The molecule has 6 rings (SSSR count). The van der Waals surface area contributed by atoms with Gasteiger partial charge in [-0.2, -0.15) is 0 Å². The summed E-state index contributed by atoms with van der Waals surface area (Å²) in [6.45, 7) is 0. The maximum Gasteiger partial charge on any atom is -1.00 e. The topological polar surface area (TPSA) is 0 Å². The predicted octanol–water partition coefficient (Wildman–Crippen LogP) is 9.39. The molecular weight excluding hydrogens is 524 g/mol. The molecule has 0 fully saturated rings. The first kappa shape index (κ1) is 24.1. The number of allylic oxidation sites excluding steroid dienone is 8. The molecule has 0 aliphatic heterocycles. The van der Waals surface area contributed by atoms with Crippen molar-refractivity contribution in [2.45, 2.75) is 24.7 Å². The summed E-state index contributed by atoms with van der Waals surface area (Å²) in [5.41, 5.74) is 8.63. The van der Waals surface area contributed by atoms with E-state index >= 15 is 0 Å². The Balaban J connectivity index is 0.00000176. The summed E-state index contributed by atoms with van der Waals surface area (Å²) >= 11 is -0.966. The summed E-state index contributed by atoms with van der Waals surface area (Å²) in [7, 11) is 0. The van der Waals surface area contributed by atoms with Crippen LogP contribution in [0.15, 0.2) is 163 Å². The molecule has 0 unspecified atom stereocenters. The maximum absolute atomic E-state index is 2.43. The van der Waals surface area contributed by atoms with E-state index in [0.717, 1.165) is 12.8 Å². The standard InChI is InChI=1S/2C18H15.Zr.2H/c2*1-3-9-15(10-4-1)18(17-13-7-8-14-17)16-11-5-2-6-12-16;;;/h2*1-7,9-13,18H,8H2;;;/q;;+2;2*-1. The first-order valence-corrected chi connectivity index (χ1v) is 15.6. The van der Waals surface area contributed by atoms with Crippen molar-refractivity contribution in [3.8, 4) is 0 Å². The molecule has 37 heavy (non-hydrogen) atoms. The van der Waals surface area contributed by atoms with E-state index in [1.807, 2.05) is 0 Å². The van der Waals surface area contributed by atoms with Crippen LogP contribution in [0.5, 0.6) is 0 Å². The molecule has 180 valence electrons. The van der Waals surface area contributed by atoms with Crippen molar-refractivity contribution in [2.75, 3.05) is 0 Å². The SMILES string of the molecule is C1=CC(C(c2ccccc2)c2ccccc2)=[C]([Zr+2][C]2=C(C(c3ccccc3)c3ccccc3)C=CC2)C1.[H-].[H-]. The Hall–Kier alpha value is -3.28. The van der Waals surface area contributed by atoms with Gasteiger partial charge in [0.15, 0.2) is 0 Å². The molecule has 0 N–H and O–H groups in total. The van der Waals surface area contributed by atoms with Gasteiger partial charge >= 0.3 is 234 Å². The summed E-state index contributed by atoms with van der Waals surface area (Å²) in [5.74, 6) is 0.601. The first-order chi connectivity index (χ1) is 18.4. The second-order valence-corrected chi connectivity index (χ2v) is 13.3. The molecule has 0 nitrogen and oxygen atoms in total. The van der Waals surface area contributed by atoms with E-state index in [-0.39, 0.29) is 2.85 Å². The molecule has 0 spiro atoms. The second kappa shape index (κ2) is 11.4. The zero-order chi connectivity index (χ0) is 24.9. The van der Waals surface area contributed by atoms with Crippen molar-refractivity contribution >= 4 is 0 Å². The monoisotopic (exact) mass is 554 g/mol.